The predicted molar refractivity (Wildman–Crippen MR) is 116 cm³/mol. The standard InChI is InChI=1S/C18H26N4O2S.HI/c1-19-18(22(2)8-5-14-6-9-23-10-7-14)20-12-15-13-24-17(21-15)16-4-3-11-25-16;/h3-4,11,13-14H,5-10,12H2,1-2H3,(H,19,20);1H. The number of oxazole rings is 1. The summed E-state index contributed by atoms with van der Waals surface area (Å²) in [5, 5.41) is 5.38. The average Bonchev–Trinajstić information content (AvgIpc) is 3.33. The van der Waals surface area contributed by atoms with Crippen LogP contribution < -0.4 is 5.32 Å². The van der Waals surface area contributed by atoms with Crippen molar-refractivity contribution in [1.82, 2.24) is 15.2 Å². The maximum absolute atomic E-state index is 5.56. The van der Waals surface area contributed by atoms with Crippen molar-refractivity contribution in [3.8, 4) is 10.8 Å². The Morgan fingerprint density at radius 3 is 2.92 bits per heavy atom. The monoisotopic (exact) mass is 490 g/mol. The topological polar surface area (TPSA) is 62.9 Å². The summed E-state index contributed by atoms with van der Waals surface area (Å²) in [6.07, 6.45) is 5.22. The lowest BCUT2D eigenvalue weighted by Gasteiger charge is -2.26. The highest BCUT2D eigenvalue weighted by Crippen LogP contribution is 2.23. The van der Waals surface area contributed by atoms with Gasteiger partial charge >= 0.3 is 0 Å². The van der Waals surface area contributed by atoms with Crippen molar-refractivity contribution in [3.63, 3.8) is 0 Å². The lowest BCUT2D eigenvalue weighted by atomic mass is 9.96. The molecule has 0 unspecified atom stereocenters. The van der Waals surface area contributed by atoms with Crippen LogP contribution in [0.4, 0.5) is 0 Å². The zero-order valence-electron chi connectivity index (χ0n) is 15.3. The SMILES string of the molecule is CN=C(NCc1coc(-c2cccs2)n1)N(C)CCC1CCOCC1.I. The van der Waals surface area contributed by atoms with Gasteiger partial charge in [-0.1, -0.05) is 6.07 Å². The molecule has 0 bridgehead atoms. The van der Waals surface area contributed by atoms with Crippen LogP contribution >= 0.6 is 35.3 Å². The van der Waals surface area contributed by atoms with E-state index < -0.39 is 0 Å². The number of thiophene rings is 1. The first-order valence-corrected chi connectivity index (χ1v) is 9.62. The Morgan fingerprint density at radius 1 is 1.42 bits per heavy atom. The number of rotatable bonds is 6. The third-order valence-electron chi connectivity index (χ3n) is 4.50. The van der Waals surface area contributed by atoms with Gasteiger partial charge in [0.15, 0.2) is 5.96 Å². The van der Waals surface area contributed by atoms with E-state index in [0.29, 0.717) is 12.4 Å². The third kappa shape index (κ3) is 5.95. The van der Waals surface area contributed by atoms with E-state index in [1.54, 1.807) is 17.6 Å². The zero-order valence-corrected chi connectivity index (χ0v) is 18.5. The Balaban J connectivity index is 0.00000243. The van der Waals surface area contributed by atoms with Crippen LogP contribution in [0.5, 0.6) is 0 Å². The number of hydrogen-bond acceptors (Lipinski definition) is 5. The molecule has 1 aliphatic rings. The van der Waals surface area contributed by atoms with E-state index in [0.717, 1.165) is 42.2 Å². The van der Waals surface area contributed by atoms with Crippen molar-refractivity contribution >= 4 is 41.3 Å². The molecular weight excluding hydrogens is 463 g/mol. The average molecular weight is 490 g/mol. The highest BCUT2D eigenvalue weighted by Gasteiger charge is 2.15. The predicted octanol–water partition coefficient (Wildman–Crippen LogP) is 3.85. The van der Waals surface area contributed by atoms with E-state index in [9.17, 15) is 0 Å². The molecule has 1 N–H and O–H groups in total. The van der Waals surface area contributed by atoms with Crippen LogP contribution in [-0.4, -0.2) is 49.7 Å². The first-order chi connectivity index (χ1) is 12.3. The first kappa shape index (κ1) is 21.2. The molecule has 1 fully saturated rings. The fraction of sp³-hybridized carbons (Fsp3) is 0.556. The largest absolute Gasteiger partial charge is 0.443 e. The van der Waals surface area contributed by atoms with Gasteiger partial charge in [0.25, 0.3) is 0 Å². The summed E-state index contributed by atoms with van der Waals surface area (Å²) in [6, 6.07) is 4.01. The van der Waals surface area contributed by atoms with Crippen LogP contribution in [0.15, 0.2) is 33.2 Å². The summed E-state index contributed by atoms with van der Waals surface area (Å²) in [5.41, 5.74) is 0.877. The van der Waals surface area contributed by atoms with Gasteiger partial charge in [-0.3, -0.25) is 4.99 Å². The molecule has 0 amide bonds. The minimum absolute atomic E-state index is 0. The van der Waals surface area contributed by atoms with Gasteiger partial charge in [0, 0.05) is 33.9 Å². The van der Waals surface area contributed by atoms with Gasteiger partial charge in [0.05, 0.1) is 17.1 Å². The maximum atomic E-state index is 5.56. The lowest BCUT2D eigenvalue weighted by Crippen LogP contribution is -2.39. The van der Waals surface area contributed by atoms with Gasteiger partial charge in [-0.15, -0.1) is 35.3 Å². The number of ether oxygens (including phenoxy) is 1. The highest BCUT2D eigenvalue weighted by atomic mass is 127. The fourth-order valence-electron chi connectivity index (χ4n) is 2.97. The Hall–Kier alpha value is -1.13. The van der Waals surface area contributed by atoms with E-state index in [4.69, 9.17) is 9.15 Å². The highest BCUT2D eigenvalue weighted by molar-refractivity contribution is 14.0. The Morgan fingerprint density at radius 2 is 2.23 bits per heavy atom. The van der Waals surface area contributed by atoms with Crippen molar-refractivity contribution in [2.75, 3.05) is 33.9 Å². The van der Waals surface area contributed by atoms with E-state index in [1.807, 2.05) is 24.6 Å². The molecule has 3 heterocycles. The summed E-state index contributed by atoms with van der Waals surface area (Å²) in [4.78, 5) is 12.1. The molecule has 144 valence electrons. The molecule has 26 heavy (non-hydrogen) atoms. The molecule has 0 spiro atoms. The minimum atomic E-state index is 0. The number of nitrogens with one attached hydrogen (secondary N) is 1. The number of guanidine groups is 1. The van der Waals surface area contributed by atoms with Gasteiger partial charge in [-0.05, 0) is 36.6 Å². The van der Waals surface area contributed by atoms with E-state index in [-0.39, 0.29) is 24.0 Å². The van der Waals surface area contributed by atoms with E-state index >= 15 is 0 Å². The molecule has 2 aromatic heterocycles. The fourth-order valence-corrected chi connectivity index (χ4v) is 3.63. The molecule has 0 aromatic carbocycles. The molecule has 3 rings (SSSR count). The number of nitrogens with zero attached hydrogens (tertiary/aromatic N) is 3. The zero-order chi connectivity index (χ0) is 17.5. The van der Waals surface area contributed by atoms with Crippen molar-refractivity contribution < 1.29 is 9.15 Å². The summed E-state index contributed by atoms with van der Waals surface area (Å²) in [7, 11) is 3.89. The normalized spacial score (nSPS) is 15.5. The van der Waals surface area contributed by atoms with Gasteiger partial charge in [-0.2, -0.15) is 0 Å². The minimum Gasteiger partial charge on any atom is -0.443 e. The van der Waals surface area contributed by atoms with Crippen LogP contribution in [0, 0.1) is 5.92 Å². The molecule has 6 nitrogen and oxygen atoms in total. The summed E-state index contributed by atoms with van der Waals surface area (Å²) >= 11 is 1.63. The lowest BCUT2D eigenvalue weighted by molar-refractivity contribution is 0.0625. The number of aromatic nitrogens is 1. The quantitative estimate of drug-likeness (QED) is 0.379. The Labute approximate surface area is 176 Å². The smallest absolute Gasteiger partial charge is 0.236 e. The second-order valence-electron chi connectivity index (χ2n) is 6.29. The van der Waals surface area contributed by atoms with Crippen molar-refractivity contribution in [2.45, 2.75) is 25.8 Å². The van der Waals surface area contributed by atoms with Crippen LogP contribution in [-0.2, 0) is 11.3 Å². The molecule has 1 saturated heterocycles. The number of aliphatic imine (C=N–C) groups is 1. The second-order valence-corrected chi connectivity index (χ2v) is 7.24. The molecule has 0 atom stereocenters. The Bertz CT molecular complexity index is 669. The molecular formula is C18H27IN4O2S. The van der Waals surface area contributed by atoms with E-state index in [2.05, 4.69) is 27.2 Å². The third-order valence-corrected chi connectivity index (χ3v) is 5.36. The van der Waals surface area contributed by atoms with Crippen LogP contribution in [0.2, 0.25) is 0 Å². The van der Waals surface area contributed by atoms with Crippen molar-refractivity contribution in [1.29, 1.82) is 0 Å². The molecule has 1 aliphatic heterocycles. The van der Waals surface area contributed by atoms with E-state index in [1.165, 1.54) is 19.3 Å². The molecule has 0 aliphatic carbocycles. The van der Waals surface area contributed by atoms with Gasteiger partial charge < -0.3 is 19.4 Å². The van der Waals surface area contributed by atoms with Gasteiger partial charge in [-0.25, -0.2) is 4.98 Å². The molecule has 0 radical (unpaired) electrons. The maximum Gasteiger partial charge on any atom is 0.236 e. The number of halogens is 1. The summed E-state index contributed by atoms with van der Waals surface area (Å²) in [6.45, 7) is 3.40. The van der Waals surface area contributed by atoms with Crippen LogP contribution in [0.3, 0.4) is 0 Å². The molecule has 2 aromatic rings. The second kappa shape index (κ2) is 10.9. The summed E-state index contributed by atoms with van der Waals surface area (Å²) in [5.74, 6) is 2.32. The van der Waals surface area contributed by atoms with Crippen LogP contribution in [0.1, 0.15) is 25.0 Å². The van der Waals surface area contributed by atoms with Gasteiger partial charge in [0.1, 0.15) is 6.26 Å². The Kier molecular flexibility index (Phi) is 8.86. The van der Waals surface area contributed by atoms with Crippen molar-refractivity contribution in [2.24, 2.45) is 10.9 Å². The number of hydrogen-bond donors (Lipinski definition) is 1. The molecule has 0 saturated carbocycles. The van der Waals surface area contributed by atoms with Gasteiger partial charge in [0.2, 0.25) is 5.89 Å². The van der Waals surface area contributed by atoms with Crippen molar-refractivity contribution in [3.05, 3.63) is 29.5 Å². The summed E-state index contributed by atoms with van der Waals surface area (Å²) < 4.78 is 11.0. The molecule has 8 heteroatoms. The van der Waals surface area contributed by atoms with Crippen LogP contribution in [0.25, 0.3) is 10.8 Å². The first-order valence-electron chi connectivity index (χ1n) is 8.74.